The van der Waals surface area contributed by atoms with Crippen LogP contribution in [-0.4, -0.2) is 21.2 Å². The van der Waals surface area contributed by atoms with Crippen molar-refractivity contribution in [3.05, 3.63) is 83.2 Å². The standard InChI is InChI=1S/C20H19FN4O/c1-13-12-19(15(3)25(13)18-6-4-17(21)5-7-18)20(26)24-23-14(2)16-8-10-22-11-9-16/h4-12H,1-3H3,(H,24,26)/b23-14+. The van der Waals surface area contributed by atoms with E-state index >= 15 is 0 Å². The number of amides is 1. The lowest BCUT2D eigenvalue weighted by Crippen LogP contribution is -2.20. The molecule has 6 heteroatoms. The highest BCUT2D eigenvalue weighted by atomic mass is 19.1. The summed E-state index contributed by atoms with van der Waals surface area (Å²) in [4.78, 5) is 16.5. The van der Waals surface area contributed by atoms with Gasteiger partial charge in [0.25, 0.3) is 5.91 Å². The van der Waals surface area contributed by atoms with Crippen molar-refractivity contribution in [1.29, 1.82) is 0 Å². The first-order valence-corrected chi connectivity index (χ1v) is 8.17. The van der Waals surface area contributed by atoms with Crippen LogP contribution in [0.15, 0.2) is 60.0 Å². The van der Waals surface area contributed by atoms with Crippen LogP contribution < -0.4 is 5.43 Å². The third-order valence-corrected chi connectivity index (χ3v) is 4.18. The molecule has 0 atom stereocenters. The van der Waals surface area contributed by atoms with E-state index < -0.39 is 0 Å². The zero-order valence-corrected chi connectivity index (χ0v) is 14.8. The molecule has 0 aliphatic heterocycles. The lowest BCUT2D eigenvalue weighted by atomic mass is 10.2. The molecule has 2 heterocycles. The number of aryl methyl sites for hydroxylation is 1. The molecule has 0 radical (unpaired) electrons. The van der Waals surface area contributed by atoms with Gasteiger partial charge in [-0.15, -0.1) is 0 Å². The lowest BCUT2D eigenvalue weighted by molar-refractivity contribution is 0.0954. The monoisotopic (exact) mass is 350 g/mol. The maximum atomic E-state index is 13.2. The van der Waals surface area contributed by atoms with Crippen molar-refractivity contribution in [1.82, 2.24) is 15.0 Å². The van der Waals surface area contributed by atoms with Crippen LogP contribution in [0.1, 0.15) is 34.2 Å². The number of hydrazone groups is 1. The molecule has 0 bridgehead atoms. The van der Waals surface area contributed by atoms with Gasteiger partial charge in [0.1, 0.15) is 5.82 Å². The molecule has 26 heavy (non-hydrogen) atoms. The molecule has 3 rings (SSSR count). The van der Waals surface area contributed by atoms with Crippen LogP contribution in [0.3, 0.4) is 0 Å². The van der Waals surface area contributed by atoms with Gasteiger partial charge in [-0.3, -0.25) is 9.78 Å². The molecular weight excluding hydrogens is 331 g/mol. The van der Waals surface area contributed by atoms with Gasteiger partial charge in [0.2, 0.25) is 0 Å². The molecule has 3 aromatic rings. The molecule has 1 amide bonds. The number of nitrogens with zero attached hydrogens (tertiary/aromatic N) is 3. The Morgan fingerprint density at radius 3 is 2.42 bits per heavy atom. The molecular formula is C20H19FN4O. The third-order valence-electron chi connectivity index (χ3n) is 4.18. The van der Waals surface area contributed by atoms with E-state index in [1.807, 2.05) is 37.5 Å². The fraction of sp³-hybridized carbons (Fsp3) is 0.150. The molecule has 0 saturated carbocycles. The van der Waals surface area contributed by atoms with E-state index in [0.717, 1.165) is 22.6 Å². The quantitative estimate of drug-likeness (QED) is 0.575. The summed E-state index contributed by atoms with van der Waals surface area (Å²) in [5.41, 5.74) is 7.15. The van der Waals surface area contributed by atoms with Gasteiger partial charge in [0, 0.05) is 35.0 Å². The van der Waals surface area contributed by atoms with Gasteiger partial charge in [-0.2, -0.15) is 5.10 Å². The van der Waals surface area contributed by atoms with Crippen molar-refractivity contribution in [2.24, 2.45) is 5.10 Å². The second-order valence-electron chi connectivity index (χ2n) is 5.97. The van der Waals surface area contributed by atoms with Gasteiger partial charge < -0.3 is 4.57 Å². The Bertz CT molecular complexity index is 959. The molecule has 132 valence electrons. The molecule has 0 spiro atoms. The van der Waals surface area contributed by atoms with Crippen molar-refractivity contribution < 1.29 is 9.18 Å². The van der Waals surface area contributed by atoms with Crippen LogP contribution in [0, 0.1) is 19.7 Å². The number of rotatable bonds is 4. The number of halogens is 1. The summed E-state index contributed by atoms with van der Waals surface area (Å²) < 4.78 is 15.1. The largest absolute Gasteiger partial charge is 0.318 e. The van der Waals surface area contributed by atoms with Gasteiger partial charge >= 0.3 is 0 Å². The summed E-state index contributed by atoms with van der Waals surface area (Å²) in [6.07, 6.45) is 3.35. The zero-order valence-electron chi connectivity index (χ0n) is 14.8. The second kappa shape index (κ2) is 7.31. The van der Waals surface area contributed by atoms with Crippen molar-refractivity contribution in [2.75, 3.05) is 0 Å². The summed E-state index contributed by atoms with van der Waals surface area (Å²) in [5.74, 6) is -0.588. The number of hydrogen-bond donors (Lipinski definition) is 1. The van der Waals surface area contributed by atoms with Crippen molar-refractivity contribution in [2.45, 2.75) is 20.8 Å². The highest BCUT2D eigenvalue weighted by molar-refractivity contribution is 6.01. The van der Waals surface area contributed by atoms with E-state index in [1.54, 1.807) is 30.6 Å². The van der Waals surface area contributed by atoms with Gasteiger partial charge in [0.05, 0.1) is 11.3 Å². The Kier molecular flexibility index (Phi) is 4.93. The Morgan fingerprint density at radius 2 is 1.77 bits per heavy atom. The molecule has 0 aliphatic carbocycles. The first-order valence-electron chi connectivity index (χ1n) is 8.17. The highest BCUT2D eigenvalue weighted by Gasteiger charge is 2.16. The van der Waals surface area contributed by atoms with E-state index in [2.05, 4.69) is 15.5 Å². The summed E-state index contributed by atoms with van der Waals surface area (Å²) in [5, 5.41) is 4.17. The molecule has 5 nitrogen and oxygen atoms in total. The number of aromatic nitrogens is 2. The van der Waals surface area contributed by atoms with Crippen molar-refractivity contribution >= 4 is 11.6 Å². The van der Waals surface area contributed by atoms with Gasteiger partial charge in [-0.05, 0) is 63.2 Å². The SMILES string of the molecule is C/C(=N\NC(=O)c1cc(C)n(-c2ccc(F)cc2)c1C)c1ccncc1. The van der Waals surface area contributed by atoms with Gasteiger partial charge in [-0.25, -0.2) is 9.82 Å². The second-order valence-corrected chi connectivity index (χ2v) is 5.97. The Balaban J connectivity index is 1.85. The number of benzene rings is 1. The summed E-state index contributed by atoms with van der Waals surface area (Å²) in [6, 6.07) is 11.6. The summed E-state index contributed by atoms with van der Waals surface area (Å²) in [7, 11) is 0. The predicted molar refractivity (Wildman–Crippen MR) is 99.1 cm³/mol. The fourth-order valence-electron chi connectivity index (χ4n) is 2.83. The molecule has 0 aliphatic rings. The van der Waals surface area contributed by atoms with E-state index in [-0.39, 0.29) is 11.7 Å². The average molecular weight is 350 g/mol. The number of carbonyl (C=O) groups is 1. The minimum atomic E-state index is -0.296. The third kappa shape index (κ3) is 3.54. The number of carbonyl (C=O) groups excluding carboxylic acids is 1. The van der Waals surface area contributed by atoms with Crippen LogP contribution in [0.2, 0.25) is 0 Å². The Hall–Kier alpha value is -3.28. The number of nitrogens with one attached hydrogen (secondary N) is 1. The highest BCUT2D eigenvalue weighted by Crippen LogP contribution is 2.21. The molecule has 0 saturated heterocycles. The van der Waals surface area contributed by atoms with E-state index in [0.29, 0.717) is 11.3 Å². The van der Waals surface area contributed by atoms with Crippen molar-refractivity contribution in [3.8, 4) is 5.69 Å². The van der Waals surface area contributed by atoms with E-state index in [9.17, 15) is 9.18 Å². The maximum absolute atomic E-state index is 13.2. The number of hydrogen-bond acceptors (Lipinski definition) is 3. The van der Waals surface area contributed by atoms with E-state index in [4.69, 9.17) is 0 Å². The topological polar surface area (TPSA) is 59.3 Å². The maximum Gasteiger partial charge on any atom is 0.273 e. The molecule has 0 fully saturated rings. The average Bonchev–Trinajstić information content (AvgIpc) is 2.95. The first-order chi connectivity index (χ1) is 12.5. The molecule has 2 aromatic heterocycles. The smallest absolute Gasteiger partial charge is 0.273 e. The summed E-state index contributed by atoms with van der Waals surface area (Å²) >= 11 is 0. The minimum Gasteiger partial charge on any atom is -0.318 e. The lowest BCUT2D eigenvalue weighted by Gasteiger charge is -2.09. The van der Waals surface area contributed by atoms with Crippen molar-refractivity contribution in [3.63, 3.8) is 0 Å². The predicted octanol–water partition coefficient (Wildman–Crippen LogP) is 3.78. The van der Waals surface area contributed by atoms with Crippen LogP contribution in [0.25, 0.3) is 5.69 Å². The van der Waals surface area contributed by atoms with Crippen LogP contribution in [-0.2, 0) is 0 Å². The molecule has 1 N–H and O–H groups in total. The van der Waals surface area contributed by atoms with Crippen LogP contribution in [0.5, 0.6) is 0 Å². The number of pyridine rings is 1. The van der Waals surface area contributed by atoms with Crippen LogP contribution in [0.4, 0.5) is 4.39 Å². The zero-order chi connectivity index (χ0) is 18.7. The van der Waals surface area contributed by atoms with Gasteiger partial charge in [0.15, 0.2) is 0 Å². The normalized spacial score (nSPS) is 11.5. The minimum absolute atomic E-state index is 0.292. The fourth-order valence-corrected chi connectivity index (χ4v) is 2.83. The Morgan fingerprint density at radius 1 is 1.12 bits per heavy atom. The Labute approximate surface area is 151 Å². The first kappa shape index (κ1) is 17.5. The van der Waals surface area contributed by atoms with E-state index in [1.165, 1.54) is 12.1 Å². The summed E-state index contributed by atoms with van der Waals surface area (Å²) in [6.45, 7) is 5.57. The molecule has 1 aromatic carbocycles. The van der Waals surface area contributed by atoms with Gasteiger partial charge in [-0.1, -0.05) is 0 Å². The molecule has 0 unspecified atom stereocenters. The van der Waals surface area contributed by atoms with Crippen LogP contribution >= 0.6 is 0 Å².